The molecule has 0 bridgehead atoms. The zero-order valence-corrected chi connectivity index (χ0v) is 8.27. The van der Waals surface area contributed by atoms with E-state index in [1.54, 1.807) is 6.92 Å². The van der Waals surface area contributed by atoms with Gasteiger partial charge in [-0.25, -0.2) is 9.97 Å². The maximum Gasteiger partial charge on any atom is 0.231 e. The van der Waals surface area contributed by atoms with Gasteiger partial charge in [0.15, 0.2) is 5.76 Å². The van der Waals surface area contributed by atoms with Crippen LogP contribution in [-0.4, -0.2) is 28.6 Å². The van der Waals surface area contributed by atoms with Gasteiger partial charge in [0.2, 0.25) is 11.6 Å². The van der Waals surface area contributed by atoms with Crippen LogP contribution in [0.15, 0.2) is 23.9 Å². The Morgan fingerprint density at radius 3 is 2.67 bits per heavy atom. The second-order valence-electron chi connectivity index (χ2n) is 3.10. The number of Topliss-reactive ketones (excluding diaryl/α,β-unsaturated/α-hetero) is 2. The number of ketones is 2. The summed E-state index contributed by atoms with van der Waals surface area (Å²) in [4.78, 5) is 31.1. The Hall–Kier alpha value is -2.04. The van der Waals surface area contributed by atoms with Crippen molar-refractivity contribution in [1.82, 2.24) is 9.97 Å². The van der Waals surface area contributed by atoms with Gasteiger partial charge in [-0.2, -0.15) is 0 Å². The van der Waals surface area contributed by atoms with Gasteiger partial charge in [-0.15, -0.1) is 0 Å². The summed E-state index contributed by atoms with van der Waals surface area (Å²) >= 11 is 0. The van der Waals surface area contributed by atoms with Crippen LogP contribution in [0.4, 0.5) is 0 Å². The average Bonchev–Trinajstić information content (AvgIpc) is 2.27. The van der Waals surface area contributed by atoms with Crippen LogP contribution in [0, 0.1) is 0 Å². The second-order valence-corrected chi connectivity index (χ2v) is 3.10. The molecule has 0 unspecified atom stereocenters. The predicted octanol–water partition coefficient (Wildman–Crippen LogP) is 0.776. The SMILES string of the molecule is COC1=C(C)C(=O)c2ncncc2C1=O. The smallest absolute Gasteiger partial charge is 0.231 e. The molecule has 2 rings (SSSR count). The molecule has 1 heterocycles. The highest BCUT2D eigenvalue weighted by Crippen LogP contribution is 2.23. The van der Waals surface area contributed by atoms with Crippen LogP contribution in [0.3, 0.4) is 0 Å². The first-order chi connectivity index (χ1) is 7.16. The molecule has 0 spiro atoms. The quantitative estimate of drug-likeness (QED) is 0.676. The number of carbonyl (C=O) groups is 2. The molecule has 0 aromatic carbocycles. The number of allylic oxidation sites excluding steroid dienone is 2. The van der Waals surface area contributed by atoms with Gasteiger partial charge in [0.25, 0.3) is 0 Å². The summed E-state index contributed by atoms with van der Waals surface area (Å²) in [6.07, 6.45) is 2.57. The Morgan fingerprint density at radius 1 is 1.27 bits per heavy atom. The van der Waals surface area contributed by atoms with Crippen molar-refractivity contribution in [3.63, 3.8) is 0 Å². The van der Waals surface area contributed by atoms with Gasteiger partial charge in [-0.1, -0.05) is 0 Å². The highest BCUT2D eigenvalue weighted by atomic mass is 16.5. The number of ether oxygens (including phenoxy) is 1. The summed E-state index contributed by atoms with van der Waals surface area (Å²) in [6.45, 7) is 1.55. The van der Waals surface area contributed by atoms with Crippen LogP contribution in [-0.2, 0) is 4.74 Å². The molecule has 0 atom stereocenters. The van der Waals surface area contributed by atoms with Crippen molar-refractivity contribution < 1.29 is 14.3 Å². The van der Waals surface area contributed by atoms with E-state index < -0.39 is 0 Å². The number of hydrogen-bond donors (Lipinski definition) is 0. The molecule has 0 amide bonds. The first-order valence-corrected chi connectivity index (χ1v) is 4.31. The van der Waals surface area contributed by atoms with E-state index in [1.165, 1.54) is 19.6 Å². The normalized spacial score (nSPS) is 15.3. The van der Waals surface area contributed by atoms with Crippen molar-refractivity contribution in [3.8, 4) is 0 Å². The first kappa shape index (κ1) is 9.51. The number of hydrogen-bond acceptors (Lipinski definition) is 5. The third-order valence-electron chi connectivity index (χ3n) is 2.26. The molecule has 1 aromatic heterocycles. The van der Waals surface area contributed by atoms with Crippen molar-refractivity contribution in [3.05, 3.63) is 35.1 Å². The maximum atomic E-state index is 11.8. The lowest BCUT2D eigenvalue weighted by atomic mass is 9.94. The third-order valence-corrected chi connectivity index (χ3v) is 2.26. The van der Waals surface area contributed by atoms with Gasteiger partial charge < -0.3 is 4.74 Å². The van der Waals surface area contributed by atoms with E-state index in [4.69, 9.17) is 4.74 Å². The predicted molar refractivity (Wildman–Crippen MR) is 50.4 cm³/mol. The van der Waals surface area contributed by atoms with Gasteiger partial charge in [0.1, 0.15) is 12.0 Å². The van der Waals surface area contributed by atoms with Crippen LogP contribution in [0.1, 0.15) is 27.8 Å². The number of fused-ring (bicyclic) bond motifs is 1. The summed E-state index contributed by atoms with van der Waals surface area (Å²) in [5.74, 6) is -0.559. The molecular formula is C10H8N2O3. The Kier molecular flexibility index (Phi) is 2.07. The van der Waals surface area contributed by atoms with Crippen molar-refractivity contribution >= 4 is 11.6 Å². The zero-order chi connectivity index (χ0) is 11.0. The van der Waals surface area contributed by atoms with Crippen LogP contribution in [0.25, 0.3) is 0 Å². The maximum absolute atomic E-state index is 11.8. The van der Waals surface area contributed by atoms with Gasteiger partial charge in [-0.3, -0.25) is 9.59 Å². The minimum Gasteiger partial charge on any atom is -0.492 e. The van der Waals surface area contributed by atoms with Crippen molar-refractivity contribution in [2.24, 2.45) is 0 Å². The minimum absolute atomic E-state index is 0.0716. The highest BCUT2D eigenvalue weighted by molar-refractivity contribution is 6.24. The highest BCUT2D eigenvalue weighted by Gasteiger charge is 2.31. The lowest BCUT2D eigenvalue weighted by molar-refractivity contribution is 0.0903. The molecule has 5 heteroatoms. The van der Waals surface area contributed by atoms with E-state index in [0.717, 1.165) is 0 Å². The molecular weight excluding hydrogens is 196 g/mol. The lowest BCUT2D eigenvalue weighted by Crippen LogP contribution is -2.23. The molecule has 0 aliphatic heterocycles. The Morgan fingerprint density at radius 2 is 2.00 bits per heavy atom. The largest absolute Gasteiger partial charge is 0.492 e. The van der Waals surface area contributed by atoms with Crippen LogP contribution in [0.5, 0.6) is 0 Å². The fraction of sp³-hybridized carbons (Fsp3) is 0.200. The van der Waals surface area contributed by atoms with Crippen molar-refractivity contribution in [1.29, 1.82) is 0 Å². The van der Waals surface area contributed by atoms with Crippen LogP contribution < -0.4 is 0 Å². The van der Waals surface area contributed by atoms with Gasteiger partial charge >= 0.3 is 0 Å². The number of methoxy groups -OCH3 is 1. The Bertz CT molecular complexity index is 491. The minimum atomic E-state index is -0.342. The van der Waals surface area contributed by atoms with E-state index in [9.17, 15) is 9.59 Å². The van der Waals surface area contributed by atoms with E-state index in [-0.39, 0.29) is 34.2 Å². The monoisotopic (exact) mass is 204 g/mol. The molecule has 15 heavy (non-hydrogen) atoms. The molecule has 1 aromatic rings. The molecule has 0 radical (unpaired) electrons. The van der Waals surface area contributed by atoms with Gasteiger partial charge in [0.05, 0.1) is 12.7 Å². The fourth-order valence-corrected chi connectivity index (χ4v) is 1.50. The van der Waals surface area contributed by atoms with Gasteiger partial charge in [-0.05, 0) is 6.92 Å². The topological polar surface area (TPSA) is 69.2 Å². The van der Waals surface area contributed by atoms with E-state index in [2.05, 4.69) is 9.97 Å². The van der Waals surface area contributed by atoms with Gasteiger partial charge in [0, 0.05) is 11.8 Å². The molecule has 1 aliphatic carbocycles. The molecule has 76 valence electrons. The first-order valence-electron chi connectivity index (χ1n) is 4.31. The molecule has 0 fully saturated rings. The fourth-order valence-electron chi connectivity index (χ4n) is 1.50. The molecule has 5 nitrogen and oxygen atoms in total. The van der Waals surface area contributed by atoms with Crippen LogP contribution in [0.2, 0.25) is 0 Å². The third kappa shape index (κ3) is 1.24. The lowest BCUT2D eigenvalue weighted by Gasteiger charge is -2.15. The van der Waals surface area contributed by atoms with Crippen molar-refractivity contribution in [2.75, 3.05) is 7.11 Å². The van der Waals surface area contributed by atoms with Crippen LogP contribution >= 0.6 is 0 Å². The van der Waals surface area contributed by atoms with E-state index >= 15 is 0 Å². The molecule has 0 saturated heterocycles. The molecule has 0 saturated carbocycles. The second kappa shape index (κ2) is 3.27. The summed E-state index contributed by atoms with van der Waals surface area (Å²) in [5.41, 5.74) is 0.631. The van der Waals surface area contributed by atoms with E-state index in [0.29, 0.717) is 0 Å². The van der Waals surface area contributed by atoms with E-state index in [1.807, 2.05) is 0 Å². The number of rotatable bonds is 1. The summed E-state index contributed by atoms with van der Waals surface area (Å²) in [7, 11) is 1.36. The molecule has 0 N–H and O–H groups in total. The standard InChI is InChI=1S/C10H8N2O3/c1-5-8(13)7-6(3-11-4-12-7)9(14)10(5)15-2/h3-4H,1-2H3. The Labute approximate surface area is 85.8 Å². The number of carbonyl (C=O) groups excluding carboxylic acids is 2. The summed E-state index contributed by atoms with van der Waals surface area (Å²) in [6, 6.07) is 0. The zero-order valence-electron chi connectivity index (χ0n) is 8.27. The number of nitrogens with zero attached hydrogens (tertiary/aromatic N) is 2. The van der Waals surface area contributed by atoms with Crippen molar-refractivity contribution in [2.45, 2.75) is 6.92 Å². The average molecular weight is 204 g/mol. The molecule has 1 aliphatic rings. The Balaban J connectivity index is 2.68. The number of aromatic nitrogens is 2. The summed E-state index contributed by atoms with van der Waals surface area (Å²) < 4.78 is 4.90. The summed E-state index contributed by atoms with van der Waals surface area (Å²) in [5, 5.41) is 0.